The van der Waals surface area contributed by atoms with Gasteiger partial charge >= 0.3 is 0 Å². The third-order valence-electron chi connectivity index (χ3n) is 1.29. The molecule has 1 heterocycles. The Hall–Kier alpha value is -0.810. The molecule has 0 fully saturated rings. The molecule has 1 rings (SSSR count). The number of alkyl halides is 1. The number of sulfonamides is 1. The molecule has 0 radical (unpaired) electrons. The van der Waals surface area contributed by atoms with Crippen LogP contribution in [0.2, 0.25) is 0 Å². The Labute approximate surface area is 82.0 Å². The van der Waals surface area contributed by atoms with Crippen molar-refractivity contribution in [2.45, 2.75) is 6.92 Å². The van der Waals surface area contributed by atoms with E-state index in [4.69, 9.17) is 11.6 Å². The van der Waals surface area contributed by atoms with E-state index < -0.39 is 15.2 Å². The van der Waals surface area contributed by atoms with E-state index in [0.717, 1.165) is 5.69 Å². The quantitative estimate of drug-likeness (QED) is 0.782. The van der Waals surface area contributed by atoms with Crippen LogP contribution < -0.4 is 4.72 Å². The van der Waals surface area contributed by atoms with E-state index in [1.807, 2.05) is 0 Å². The average Bonchev–Trinajstić information content (AvgIpc) is 2.03. The van der Waals surface area contributed by atoms with Crippen LogP contribution in [0.3, 0.4) is 0 Å². The molecule has 4 nitrogen and oxygen atoms in total. The normalized spacial score (nSPS) is 11.2. The fraction of sp³-hybridized carbons (Fsp3) is 0.286. The van der Waals surface area contributed by atoms with Gasteiger partial charge in [-0.25, -0.2) is 13.4 Å². The molecule has 1 N–H and O–H groups in total. The summed E-state index contributed by atoms with van der Waals surface area (Å²) in [4.78, 5) is 3.96. The molecule has 0 bridgehead atoms. The van der Waals surface area contributed by atoms with E-state index in [2.05, 4.69) is 9.71 Å². The lowest BCUT2D eigenvalue weighted by Crippen LogP contribution is -2.14. The summed E-state index contributed by atoms with van der Waals surface area (Å²) in [6.45, 7) is 1.78. The number of hydrogen-bond acceptors (Lipinski definition) is 3. The van der Waals surface area contributed by atoms with Gasteiger partial charge in [-0.15, -0.1) is 11.6 Å². The van der Waals surface area contributed by atoms with E-state index >= 15 is 0 Å². The van der Waals surface area contributed by atoms with E-state index in [1.54, 1.807) is 25.1 Å². The molecule has 0 saturated carbocycles. The van der Waals surface area contributed by atoms with Crippen molar-refractivity contribution in [3.63, 3.8) is 0 Å². The van der Waals surface area contributed by atoms with Gasteiger partial charge in [0.25, 0.3) is 0 Å². The number of pyridine rings is 1. The summed E-state index contributed by atoms with van der Waals surface area (Å²) < 4.78 is 24.2. The van der Waals surface area contributed by atoms with Gasteiger partial charge in [-0.3, -0.25) is 4.72 Å². The second-order valence-electron chi connectivity index (χ2n) is 2.49. The molecule has 0 saturated heterocycles. The molecule has 0 aliphatic carbocycles. The summed E-state index contributed by atoms with van der Waals surface area (Å²) in [6.07, 6.45) is 0. The van der Waals surface area contributed by atoms with Gasteiger partial charge in [-0.05, 0) is 19.1 Å². The number of nitrogens with one attached hydrogen (secondary N) is 1. The standard InChI is InChI=1S/C7H9ClN2O2S/c1-6-3-2-4-7(9-6)10-13(11,12)5-8/h2-4H,5H2,1H3,(H,9,10). The first-order valence-corrected chi connectivity index (χ1v) is 5.72. The van der Waals surface area contributed by atoms with Crippen LogP contribution >= 0.6 is 11.6 Å². The van der Waals surface area contributed by atoms with Crippen molar-refractivity contribution in [2.24, 2.45) is 0 Å². The highest BCUT2D eigenvalue weighted by Crippen LogP contribution is 2.06. The maximum absolute atomic E-state index is 11.0. The van der Waals surface area contributed by atoms with Crippen LogP contribution in [0, 0.1) is 6.92 Å². The Balaban J connectivity index is 2.87. The average molecular weight is 221 g/mol. The summed E-state index contributed by atoms with van der Waals surface area (Å²) in [7, 11) is -3.44. The van der Waals surface area contributed by atoms with Crippen LogP contribution in [0.15, 0.2) is 18.2 Å². The van der Waals surface area contributed by atoms with Crippen LogP contribution in [-0.2, 0) is 10.0 Å². The lowest BCUT2D eigenvalue weighted by atomic mass is 10.4. The molecule has 0 aliphatic rings. The first-order valence-electron chi connectivity index (χ1n) is 3.53. The second kappa shape index (κ2) is 3.93. The minimum absolute atomic E-state index is 0.292. The Morgan fingerprint density at radius 3 is 2.77 bits per heavy atom. The van der Waals surface area contributed by atoms with Crippen molar-refractivity contribution >= 4 is 27.4 Å². The Morgan fingerprint density at radius 1 is 1.54 bits per heavy atom. The molecule has 13 heavy (non-hydrogen) atoms. The Kier molecular flexibility index (Phi) is 3.11. The molecular formula is C7H9ClN2O2S. The number of nitrogens with zero attached hydrogens (tertiary/aromatic N) is 1. The van der Waals surface area contributed by atoms with E-state index in [9.17, 15) is 8.42 Å². The summed E-state index contributed by atoms with van der Waals surface area (Å²) in [5, 5.41) is -0.470. The van der Waals surface area contributed by atoms with Crippen LogP contribution in [0.5, 0.6) is 0 Å². The molecule has 0 aromatic carbocycles. The molecule has 0 amide bonds. The van der Waals surface area contributed by atoms with Crippen molar-refractivity contribution in [2.75, 3.05) is 9.93 Å². The zero-order valence-electron chi connectivity index (χ0n) is 6.99. The smallest absolute Gasteiger partial charge is 0.247 e. The maximum atomic E-state index is 11.0. The SMILES string of the molecule is Cc1cccc(NS(=O)(=O)CCl)n1. The van der Waals surface area contributed by atoms with Gasteiger partial charge in [0.15, 0.2) is 0 Å². The van der Waals surface area contributed by atoms with Gasteiger partial charge in [0.05, 0.1) is 0 Å². The highest BCUT2D eigenvalue weighted by molar-refractivity contribution is 7.93. The predicted molar refractivity (Wildman–Crippen MR) is 52.2 cm³/mol. The predicted octanol–water partition coefficient (Wildman–Crippen LogP) is 1.33. The number of anilines is 1. The zero-order valence-corrected chi connectivity index (χ0v) is 8.56. The highest BCUT2D eigenvalue weighted by Gasteiger charge is 2.07. The molecule has 72 valence electrons. The molecule has 0 aliphatic heterocycles. The van der Waals surface area contributed by atoms with Crippen molar-refractivity contribution in [3.05, 3.63) is 23.9 Å². The fourth-order valence-electron chi connectivity index (χ4n) is 0.786. The van der Waals surface area contributed by atoms with E-state index in [1.165, 1.54) is 0 Å². The van der Waals surface area contributed by atoms with E-state index in [0.29, 0.717) is 5.82 Å². The molecule has 1 aromatic heterocycles. The van der Waals surface area contributed by atoms with Crippen LogP contribution in [0.1, 0.15) is 5.69 Å². The minimum atomic E-state index is -3.44. The summed E-state index contributed by atoms with van der Waals surface area (Å²) >= 11 is 5.20. The summed E-state index contributed by atoms with van der Waals surface area (Å²) in [5.74, 6) is 0.292. The van der Waals surface area contributed by atoms with Crippen molar-refractivity contribution in [3.8, 4) is 0 Å². The lowest BCUT2D eigenvalue weighted by molar-refractivity contribution is 0.605. The first kappa shape index (κ1) is 10.3. The van der Waals surface area contributed by atoms with Gasteiger partial charge in [-0.1, -0.05) is 6.07 Å². The summed E-state index contributed by atoms with van der Waals surface area (Å²) in [6, 6.07) is 5.06. The van der Waals surface area contributed by atoms with Gasteiger partial charge in [0.1, 0.15) is 11.0 Å². The molecule has 6 heteroatoms. The third-order valence-corrected chi connectivity index (χ3v) is 2.96. The topological polar surface area (TPSA) is 59.1 Å². The van der Waals surface area contributed by atoms with Gasteiger partial charge < -0.3 is 0 Å². The van der Waals surface area contributed by atoms with Crippen molar-refractivity contribution < 1.29 is 8.42 Å². The monoisotopic (exact) mass is 220 g/mol. The van der Waals surface area contributed by atoms with Crippen molar-refractivity contribution in [1.82, 2.24) is 4.98 Å². The van der Waals surface area contributed by atoms with Crippen LogP contribution in [-0.4, -0.2) is 18.6 Å². The first-order chi connectivity index (χ1) is 6.03. The highest BCUT2D eigenvalue weighted by atomic mass is 35.5. The summed E-state index contributed by atoms with van der Waals surface area (Å²) in [5.41, 5.74) is 0.745. The number of rotatable bonds is 3. The molecule has 1 aromatic rings. The zero-order chi connectivity index (χ0) is 9.90. The Bertz CT molecular complexity index is 391. The minimum Gasteiger partial charge on any atom is -0.266 e. The molecule has 0 spiro atoms. The van der Waals surface area contributed by atoms with Crippen LogP contribution in [0.25, 0.3) is 0 Å². The number of halogens is 1. The third kappa shape index (κ3) is 3.20. The number of aromatic nitrogens is 1. The maximum Gasteiger partial charge on any atom is 0.247 e. The second-order valence-corrected chi connectivity index (χ2v) is 4.80. The van der Waals surface area contributed by atoms with Crippen molar-refractivity contribution in [1.29, 1.82) is 0 Å². The lowest BCUT2D eigenvalue weighted by Gasteiger charge is -2.03. The largest absolute Gasteiger partial charge is 0.266 e. The Morgan fingerprint density at radius 2 is 2.23 bits per heavy atom. The number of hydrogen-bond donors (Lipinski definition) is 1. The molecular weight excluding hydrogens is 212 g/mol. The van der Waals surface area contributed by atoms with E-state index in [-0.39, 0.29) is 0 Å². The van der Waals surface area contributed by atoms with Gasteiger partial charge in [0.2, 0.25) is 10.0 Å². The molecule has 0 atom stereocenters. The molecule has 0 unspecified atom stereocenters. The van der Waals surface area contributed by atoms with Gasteiger partial charge in [-0.2, -0.15) is 0 Å². The number of aryl methyl sites for hydroxylation is 1. The van der Waals surface area contributed by atoms with Crippen LogP contribution in [0.4, 0.5) is 5.82 Å². The fourth-order valence-corrected chi connectivity index (χ4v) is 1.44. The van der Waals surface area contributed by atoms with Gasteiger partial charge in [0, 0.05) is 5.69 Å².